The van der Waals surface area contributed by atoms with E-state index < -0.39 is 14.4 Å². The van der Waals surface area contributed by atoms with E-state index in [1.165, 1.54) is 7.11 Å². The van der Waals surface area contributed by atoms with Crippen molar-refractivity contribution >= 4 is 14.3 Å². The van der Waals surface area contributed by atoms with Gasteiger partial charge in [0.1, 0.15) is 18.5 Å². The van der Waals surface area contributed by atoms with Crippen LogP contribution in [0.3, 0.4) is 0 Å². The summed E-state index contributed by atoms with van der Waals surface area (Å²) in [6, 6.07) is 17.9. The van der Waals surface area contributed by atoms with E-state index in [-0.39, 0.29) is 11.0 Å². The zero-order valence-corrected chi connectivity index (χ0v) is 18.8. The molecule has 0 heterocycles. The van der Waals surface area contributed by atoms with Crippen LogP contribution in [0.1, 0.15) is 31.9 Å². The third kappa shape index (κ3) is 6.21. The summed E-state index contributed by atoms with van der Waals surface area (Å²) in [5, 5.41) is 0.0222. The van der Waals surface area contributed by atoms with Crippen molar-refractivity contribution in [2.75, 3.05) is 7.11 Å². The number of benzene rings is 2. The van der Waals surface area contributed by atoms with Crippen LogP contribution in [0.5, 0.6) is 5.75 Å². The second kappa shape index (κ2) is 9.39. The molecule has 4 nitrogen and oxygen atoms in total. The van der Waals surface area contributed by atoms with E-state index >= 15 is 0 Å². The summed E-state index contributed by atoms with van der Waals surface area (Å²) in [6.07, 6.45) is -0.111. The lowest BCUT2D eigenvalue weighted by Gasteiger charge is -2.38. The second-order valence-electron chi connectivity index (χ2n) is 8.51. The van der Waals surface area contributed by atoms with Gasteiger partial charge in [0.05, 0.1) is 7.11 Å². The number of carbonyl (C=O) groups excluding carboxylic acids is 1. The maximum atomic E-state index is 12.3. The van der Waals surface area contributed by atoms with E-state index in [9.17, 15) is 4.79 Å². The van der Waals surface area contributed by atoms with E-state index in [1.54, 1.807) is 0 Å². The van der Waals surface area contributed by atoms with Gasteiger partial charge in [-0.25, -0.2) is 4.79 Å². The maximum absolute atomic E-state index is 12.3. The van der Waals surface area contributed by atoms with Gasteiger partial charge in [0.25, 0.3) is 0 Å². The van der Waals surface area contributed by atoms with Crippen molar-refractivity contribution in [3.8, 4) is 5.75 Å². The Kier molecular flexibility index (Phi) is 7.44. The van der Waals surface area contributed by atoms with Gasteiger partial charge >= 0.3 is 5.97 Å². The Morgan fingerprint density at radius 1 is 0.964 bits per heavy atom. The quantitative estimate of drug-likeness (QED) is 0.441. The smallest absolute Gasteiger partial charge is 0.334 e. The first-order valence-electron chi connectivity index (χ1n) is 9.64. The zero-order chi connectivity index (χ0) is 20.8. The fraction of sp³-hybridized carbons (Fsp3) is 0.435. The Bertz CT molecular complexity index is 748. The fourth-order valence-electron chi connectivity index (χ4n) is 2.51. The van der Waals surface area contributed by atoms with Crippen LogP contribution in [0.25, 0.3) is 0 Å². The average Bonchev–Trinajstić information content (AvgIpc) is 2.66. The molecule has 1 unspecified atom stereocenters. The van der Waals surface area contributed by atoms with Gasteiger partial charge in [-0.15, -0.1) is 0 Å². The third-order valence-electron chi connectivity index (χ3n) is 5.30. The largest absolute Gasteiger partial charge is 0.489 e. The minimum absolute atomic E-state index is 0.0222. The molecule has 0 aliphatic heterocycles. The van der Waals surface area contributed by atoms with Gasteiger partial charge in [0.2, 0.25) is 0 Å². The van der Waals surface area contributed by atoms with Gasteiger partial charge in [-0.2, -0.15) is 0 Å². The first kappa shape index (κ1) is 22.2. The molecule has 0 N–H and O–H groups in total. The fourth-order valence-corrected chi connectivity index (χ4v) is 3.76. The molecule has 0 saturated heterocycles. The lowest BCUT2D eigenvalue weighted by Crippen LogP contribution is -2.47. The molecular weight excluding hydrogens is 368 g/mol. The predicted octanol–water partition coefficient (Wildman–Crippen LogP) is 5.37. The Morgan fingerprint density at radius 3 is 2.11 bits per heavy atom. The van der Waals surface area contributed by atoms with Crippen LogP contribution in [-0.2, 0) is 27.0 Å². The van der Waals surface area contributed by atoms with Gasteiger partial charge < -0.3 is 13.9 Å². The molecule has 2 rings (SSSR count). The standard InChI is InChI=1S/C23H32O4Si/c1-23(2,3)28(5,6)27-21(22(24)25-4)16-18-12-14-20(15-13-18)26-17-19-10-8-7-9-11-19/h7-15,21H,16-17H2,1-6H3. The summed E-state index contributed by atoms with van der Waals surface area (Å²) in [5.41, 5.74) is 2.14. The molecule has 152 valence electrons. The number of esters is 1. The summed E-state index contributed by atoms with van der Waals surface area (Å²) >= 11 is 0. The number of carbonyl (C=O) groups is 1. The van der Waals surface area contributed by atoms with E-state index in [1.807, 2.05) is 54.6 Å². The van der Waals surface area contributed by atoms with Crippen molar-refractivity contribution < 1.29 is 18.7 Å². The Labute approximate surface area is 170 Å². The Morgan fingerprint density at radius 2 is 1.57 bits per heavy atom. The highest BCUT2D eigenvalue weighted by molar-refractivity contribution is 6.74. The van der Waals surface area contributed by atoms with Gasteiger partial charge in [0, 0.05) is 6.42 Å². The van der Waals surface area contributed by atoms with Crippen molar-refractivity contribution in [1.82, 2.24) is 0 Å². The summed E-state index contributed by atoms with van der Waals surface area (Å²) in [6.45, 7) is 11.3. The topological polar surface area (TPSA) is 44.8 Å². The zero-order valence-electron chi connectivity index (χ0n) is 17.8. The highest BCUT2D eigenvalue weighted by atomic mass is 28.4. The van der Waals surface area contributed by atoms with Crippen LogP contribution in [0.2, 0.25) is 18.1 Å². The molecule has 2 aromatic carbocycles. The molecule has 0 radical (unpaired) electrons. The van der Waals surface area contributed by atoms with Crippen LogP contribution in [0.4, 0.5) is 0 Å². The number of methoxy groups -OCH3 is 1. The van der Waals surface area contributed by atoms with Crippen molar-refractivity contribution in [3.63, 3.8) is 0 Å². The van der Waals surface area contributed by atoms with Crippen LogP contribution >= 0.6 is 0 Å². The van der Waals surface area contributed by atoms with Crippen LogP contribution in [0, 0.1) is 0 Å². The van der Waals surface area contributed by atoms with E-state index in [2.05, 4.69) is 33.9 Å². The Hall–Kier alpha value is -2.11. The minimum atomic E-state index is -2.09. The summed E-state index contributed by atoms with van der Waals surface area (Å²) in [7, 11) is -0.680. The van der Waals surface area contributed by atoms with Gasteiger partial charge in [-0.05, 0) is 41.4 Å². The van der Waals surface area contributed by atoms with Crippen molar-refractivity contribution in [2.24, 2.45) is 0 Å². The molecule has 0 aliphatic carbocycles. The number of hydrogen-bond acceptors (Lipinski definition) is 4. The molecule has 5 heteroatoms. The number of hydrogen-bond donors (Lipinski definition) is 0. The van der Waals surface area contributed by atoms with E-state index in [0.717, 1.165) is 16.9 Å². The van der Waals surface area contributed by atoms with E-state index in [4.69, 9.17) is 13.9 Å². The first-order valence-corrected chi connectivity index (χ1v) is 12.5. The normalized spacial score (nSPS) is 13.1. The molecule has 0 fully saturated rings. The van der Waals surface area contributed by atoms with Crippen LogP contribution < -0.4 is 4.74 Å². The monoisotopic (exact) mass is 400 g/mol. The van der Waals surface area contributed by atoms with Crippen molar-refractivity contribution in [2.45, 2.75) is 58.0 Å². The molecule has 0 spiro atoms. The maximum Gasteiger partial charge on any atom is 0.334 e. The molecule has 0 bridgehead atoms. The molecule has 2 aromatic rings. The first-order chi connectivity index (χ1) is 13.1. The molecule has 0 saturated carbocycles. The summed E-state index contributed by atoms with van der Waals surface area (Å²) in [4.78, 5) is 12.3. The second-order valence-corrected chi connectivity index (χ2v) is 13.3. The average molecular weight is 401 g/mol. The van der Waals surface area contributed by atoms with Gasteiger partial charge in [-0.1, -0.05) is 63.2 Å². The SMILES string of the molecule is COC(=O)C(Cc1ccc(OCc2ccccc2)cc1)O[Si](C)(C)C(C)(C)C. The molecule has 1 atom stereocenters. The summed E-state index contributed by atoms with van der Waals surface area (Å²) in [5.74, 6) is 0.474. The minimum Gasteiger partial charge on any atom is -0.489 e. The van der Waals surface area contributed by atoms with Crippen molar-refractivity contribution in [3.05, 3.63) is 65.7 Å². The number of ether oxygens (including phenoxy) is 2. The van der Waals surface area contributed by atoms with Crippen molar-refractivity contribution in [1.29, 1.82) is 0 Å². The molecule has 0 amide bonds. The van der Waals surface area contributed by atoms with Gasteiger partial charge in [0.15, 0.2) is 8.32 Å². The lowest BCUT2D eigenvalue weighted by molar-refractivity contribution is -0.149. The molecule has 0 aliphatic rings. The predicted molar refractivity (Wildman–Crippen MR) is 115 cm³/mol. The highest BCUT2D eigenvalue weighted by Crippen LogP contribution is 2.37. The van der Waals surface area contributed by atoms with E-state index in [0.29, 0.717) is 13.0 Å². The van der Waals surface area contributed by atoms with Crippen LogP contribution in [0.15, 0.2) is 54.6 Å². The molecule has 0 aromatic heterocycles. The third-order valence-corrected chi connectivity index (χ3v) is 9.79. The van der Waals surface area contributed by atoms with Crippen LogP contribution in [-0.4, -0.2) is 27.5 Å². The molecular formula is C23H32O4Si. The molecule has 28 heavy (non-hydrogen) atoms. The highest BCUT2D eigenvalue weighted by Gasteiger charge is 2.41. The lowest BCUT2D eigenvalue weighted by atomic mass is 10.1. The van der Waals surface area contributed by atoms with Gasteiger partial charge in [-0.3, -0.25) is 0 Å². The summed E-state index contributed by atoms with van der Waals surface area (Å²) < 4.78 is 17.1. The Balaban J connectivity index is 2.03. The number of rotatable bonds is 8.